The second kappa shape index (κ2) is 9.61. The Balaban J connectivity index is 1.93. The van der Waals surface area contributed by atoms with Crippen LogP contribution in [0.3, 0.4) is 0 Å². The molecule has 0 atom stereocenters. The summed E-state index contributed by atoms with van der Waals surface area (Å²) < 4.78 is 19.4. The van der Waals surface area contributed by atoms with Crippen molar-refractivity contribution in [2.75, 3.05) is 13.7 Å². The first-order valence-electron chi connectivity index (χ1n) is 8.41. The lowest BCUT2D eigenvalue weighted by molar-refractivity contribution is -0.129. The van der Waals surface area contributed by atoms with Gasteiger partial charge in [-0.3, -0.25) is 0 Å². The quantitative estimate of drug-likeness (QED) is 0.164. The van der Waals surface area contributed by atoms with E-state index in [4.69, 9.17) is 14.2 Å². The Morgan fingerprint density at radius 2 is 2.03 bits per heavy atom. The number of aliphatic imine (C=N–C) groups is 1. The van der Waals surface area contributed by atoms with E-state index >= 15 is 0 Å². The molecule has 1 aliphatic rings. The van der Waals surface area contributed by atoms with Gasteiger partial charge < -0.3 is 14.2 Å². The molecule has 1 aliphatic heterocycles. The van der Waals surface area contributed by atoms with E-state index in [1.165, 1.54) is 0 Å². The van der Waals surface area contributed by atoms with Crippen LogP contribution in [0, 0.1) is 7.14 Å². The van der Waals surface area contributed by atoms with Crippen LogP contribution in [0.5, 0.6) is 11.5 Å². The van der Waals surface area contributed by atoms with Gasteiger partial charge >= 0.3 is 5.97 Å². The molecule has 2 aromatic carbocycles. The molecule has 8 heteroatoms. The highest BCUT2D eigenvalue weighted by atomic mass is 127. The van der Waals surface area contributed by atoms with Gasteiger partial charge in [-0.1, -0.05) is 6.58 Å². The summed E-state index contributed by atoms with van der Waals surface area (Å²) in [6.45, 7) is 6.14. The minimum absolute atomic E-state index is 0.225. The van der Waals surface area contributed by atoms with Gasteiger partial charge in [-0.05, 0) is 116 Å². The molecule has 29 heavy (non-hydrogen) atoms. The Kier molecular flexibility index (Phi) is 7.38. The molecule has 0 N–H and O–H groups in total. The van der Waals surface area contributed by atoms with Gasteiger partial charge in [0, 0.05) is 13.6 Å². The standard InChI is InChI=1S/C21H16BrI2NO4/c1-11(2)10-28-19-16(24)6-12(8-18(19)27-3)7-17-21(26)29-20(25-17)13-4-5-15(23)14(22)9-13/h4-9H,1,10H2,2-3H3/b17-7-. The Morgan fingerprint density at radius 3 is 2.69 bits per heavy atom. The van der Waals surface area contributed by atoms with Crippen LogP contribution in [0.1, 0.15) is 18.1 Å². The predicted octanol–water partition coefficient (Wildman–Crippen LogP) is 5.97. The third-order valence-electron chi connectivity index (χ3n) is 3.81. The molecular weight excluding hydrogens is 664 g/mol. The monoisotopic (exact) mass is 679 g/mol. The summed E-state index contributed by atoms with van der Waals surface area (Å²) in [5.74, 6) is 0.995. The van der Waals surface area contributed by atoms with E-state index < -0.39 is 5.97 Å². The number of carbonyl (C=O) groups is 1. The summed E-state index contributed by atoms with van der Waals surface area (Å²) in [6, 6.07) is 9.35. The van der Waals surface area contributed by atoms with Gasteiger partial charge in [-0.15, -0.1) is 0 Å². The van der Waals surface area contributed by atoms with Crippen molar-refractivity contribution in [3.63, 3.8) is 0 Å². The number of hydrogen-bond acceptors (Lipinski definition) is 5. The van der Waals surface area contributed by atoms with E-state index in [9.17, 15) is 4.79 Å². The van der Waals surface area contributed by atoms with Gasteiger partial charge in [-0.2, -0.15) is 0 Å². The lowest BCUT2D eigenvalue weighted by Crippen LogP contribution is -2.05. The minimum Gasteiger partial charge on any atom is -0.493 e. The maximum Gasteiger partial charge on any atom is 0.363 e. The Bertz CT molecular complexity index is 1060. The number of benzene rings is 2. The van der Waals surface area contributed by atoms with Crippen LogP contribution < -0.4 is 9.47 Å². The average molecular weight is 680 g/mol. The fourth-order valence-electron chi connectivity index (χ4n) is 2.48. The molecule has 0 unspecified atom stereocenters. The zero-order valence-corrected chi connectivity index (χ0v) is 21.5. The summed E-state index contributed by atoms with van der Waals surface area (Å²) in [4.78, 5) is 16.7. The van der Waals surface area contributed by atoms with Crippen LogP contribution in [0.25, 0.3) is 6.08 Å². The smallest absolute Gasteiger partial charge is 0.363 e. The van der Waals surface area contributed by atoms with Gasteiger partial charge in [0.2, 0.25) is 5.90 Å². The number of cyclic esters (lactones) is 1. The van der Waals surface area contributed by atoms with E-state index in [1.807, 2.05) is 31.2 Å². The van der Waals surface area contributed by atoms with Gasteiger partial charge in [0.1, 0.15) is 6.61 Å². The first kappa shape index (κ1) is 22.3. The highest BCUT2D eigenvalue weighted by Crippen LogP contribution is 2.35. The molecule has 0 bridgehead atoms. The molecule has 0 radical (unpaired) electrons. The fourth-order valence-corrected chi connectivity index (χ4v) is 3.97. The number of halogens is 3. The summed E-state index contributed by atoms with van der Waals surface area (Å²) in [6.07, 6.45) is 1.67. The number of methoxy groups -OCH3 is 1. The van der Waals surface area contributed by atoms with Gasteiger partial charge in [0.25, 0.3) is 0 Å². The van der Waals surface area contributed by atoms with Crippen LogP contribution in [0.2, 0.25) is 0 Å². The first-order valence-corrected chi connectivity index (χ1v) is 11.4. The van der Waals surface area contributed by atoms with Crippen LogP contribution in [0.15, 0.2) is 57.6 Å². The van der Waals surface area contributed by atoms with Crippen molar-refractivity contribution in [1.29, 1.82) is 0 Å². The van der Waals surface area contributed by atoms with E-state index in [1.54, 1.807) is 19.3 Å². The number of nitrogens with zero attached hydrogens (tertiary/aromatic N) is 1. The fraction of sp³-hybridized carbons (Fsp3) is 0.143. The third kappa shape index (κ3) is 5.40. The van der Waals surface area contributed by atoms with Crippen molar-refractivity contribution >= 4 is 79.1 Å². The summed E-state index contributed by atoms with van der Waals surface area (Å²) in [5, 5.41) is 0. The first-order chi connectivity index (χ1) is 13.8. The van der Waals surface area contributed by atoms with Crippen LogP contribution >= 0.6 is 61.1 Å². The number of ether oxygens (including phenoxy) is 3. The molecular formula is C21H16BrI2NO4. The van der Waals surface area contributed by atoms with E-state index in [-0.39, 0.29) is 11.6 Å². The van der Waals surface area contributed by atoms with Gasteiger partial charge in [0.15, 0.2) is 17.2 Å². The predicted molar refractivity (Wildman–Crippen MR) is 133 cm³/mol. The normalized spacial score (nSPS) is 14.6. The highest BCUT2D eigenvalue weighted by molar-refractivity contribution is 14.1. The second-order valence-corrected chi connectivity index (χ2v) is 9.42. The lowest BCUT2D eigenvalue weighted by atomic mass is 10.1. The molecule has 0 spiro atoms. The second-order valence-electron chi connectivity index (χ2n) is 6.24. The topological polar surface area (TPSA) is 57.1 Å². The Morgan fingerprint density at radius 1 is 1.28 bits per heavy atom. The zero-order valence-electron chi connectivity index (χ0n) is 15.6. The number of esters is 1. The Hall–Kier alpha value is -1.40. The molecule has 0 aliphatic carbocycles. The maximum absolute atomic E-state index is 12.3. The van der Waals surface area contributed by atoms with Crippen molar-refractivity contribution in [3.05, 3.63) is 70.9 Å². The SMILES string of the molecule is C=C(C)COc1c(I)cc(/C=C2\N=C(c3ccc(I)c(Br)c3)OC2=O)cc1OC. The van der Waals surface area contributed by atoms with Crippen molar-refractivity contribution in [2.24, 2.45) is 4.99 Å². The van der Waals surface area contributed by atoms with Crippen LogP contribution in [0.4, 0.5) is 0 Å². The minimum atomic E-state index is -0.494. The zero-order chi connectivity index (χ0) is 21.1. The lowest BCUT2D eigenvalue weighted by Gasteiger charge is -2.13. The summed E-state index contributed by atoms with van der Waals surface area (Å²) >= 11 is 7.87. The maximum atomic E-state index is 12.3. The largest absolute Gasteiger partial charge is 0.493 e. The summed E-state index contributed by atoms with van der Waals surface area (Å²) in [5.41, 5.74) is 2.62. The molecule has 0 saturated heterocycles. The third-order valence-corrected chi connectivity index (χ3v) is 6.94. The van der Waals surface area contributed by atoms with Crippen LogP contribution in [-0.2, 0) is 9.53 Å². The van der Waals surface area contributed by atoms with Crippen molar-refractivity contribution in [2.45, 2.75) is 6.92 Å². The molecule has 150 valence electrons. The number of carbonyl (C=O) groups excluding carboxylic acids is 1. The van der Waals surface area contributed by atoms with Gasteiger partial charge in [0.05, 0.1) is 10.7 Å². The van der Waals surface area contributed by atoms with E-state index in [0.29, 0.717) is 18.1 Å². The van der Waals surface area contributed by atoms with Crippen molar-refractivity contribution in [3.8, 4) is 11.5 Å². The number of hydrogen-bond donors (Lipinski definition) is 0. The molecule has 0 saturated carbocycles. The average Bonchev–Trinajstić information content (AvgIpc) is 3.03. The molecule has 2 aromatic rings. The summed E-state index contributed by atoms with van der Waals surface area (Å²) in [7, 11) is 1.57. The molecule has 5 nitrogen and oxygen atoms in total. The van der Waals surface area contributed by atoms with Crippen molar-refractivity contribution in [1.82, 2.24) is 0 Å². The molecule has 0 amide bonds. The molecule has 1 heterocycles. The van der Waals surface area contributed by atoms with E-state index in [0.717, 1.165) is 28.3 Å². The molecule has 0 fully saturated rings. The van der Waals surface area contributed by atoms with E-state index in [2.05, 4.69) is 72.7 Å². The Labute approximate surface area is 204 Å². The van der Waals surface area contributed by atoms with Gasteiger partial charge in [-0.25, -0.2) is 9.79 Å². The molecule has 3 rings (SSSR count). The molecule has 0 aromatic heterocycles. The highest BCUT2D eigenvalue weighted by Gasteiger charge is 2.25. The number of rotatable bonds is 6. The van der Waals surface area contributed by atoms with Crippen LogP contribution in [-0.4, -0.2) is 25.6 Å². The van der Waals surface area contributed by atoms with Crippen molar-refractivity contribution < 1.29 is 19.0 Å².